The van der Waals surface area contributed by atoms with Crippen molar-refractivity contribution in [3.63, 3.8) is 0 Å². The lowest BCUT2D eigenvalue weighted by Gasteiger charge is -2.51. The molecule has 0 heterocycles. The fourth-order valence-corrected chi connectivity index (χ4v) is 6.78. The number of aliphatic carboxylic acids is 3. The monoisotopic (exact) mass is 595 g/mol. The lowest BCUT2D eigenvalue weighted by molar-refractivity contribution is -0.974. The van der Waals surface area contributed by atoms with Crippen LogP contribution >= 0.6 is 0 Å². The Hall–Kier alpha value is -1.89. The molecule has 0 aliphatic carbocycles. The fraction of sp³-hybridized carbons (Fsp3) is 0.857. The van der Waals surface area contributed by atoms with Crippen molar-refractivity contribution >= 4 is 17.9 Å². The minimum Gasteiger partial charge on any atom is -0.544 e. The molecule has 0 spiro atoms. The fourth-order valence-electron chi connectivity index (χ4n) is 6.78. The highest BCUT2D eigenvalue weighted by Gasteiger charge is 2.53. The lowest BCUT2D eigenvalue weighted by Crippen LogP contribution is -2.73. The van der Waals surface area contributed by atoms with Crippen molar-refractivity contribution in [2.75, 3.05) is 6.54 Å². The van der Waals surface area contributed by atoms with E-state index in [1.54, 1.807) is 20.8 Å². The molecule has 0 aliphatic rings. The standard InChI is InChI=1S/C35H65NO6/c1-5-9-10-11-12-13-14-15-16-17-18-19-20-21-22-23-24-25-26-27-28-29-36(30(6-2)33(37)38,31(7-3)34(39)40)32(8-4)35(41)42/h17-18,30-32H,5-16,19-29H2,1-4H3,(H2-,37,38,39,40,41,42)/b18-17+. The first-order valence-corrected chi connectivity index (χ1v) is 17.4. The van der Waals surface area contributed by atoms with Gasteiger partial charge in [-0.25, -0.2) is 9.59 Å². The third kappa shape index (κ3) is 15.5. The van der Waals surface area contributed by atoms with Crippen molar-refractivity contribution in [2.45, 2.75) is 187 Å². The molecule has 0 saturated carbocycles. The molecule has 0 saturated heterocycles. The van der Waals surface area contributed by atoms with Gasteiger partial charge in [-0.05, 0) is 38.5 Å². The highest BCUT2D eigenvalue weighted by molar-refractivity contribution is 5.77. The van der Waals surface area contributed by atoms with Crippen LogP contribution in [0.15, 0.2) is 12.2 Å². The van der Waals surface area contributed by atoms with E-state index in [1.165, 1.54) is 89.9 Å². The van der Waals surface area contributed by atoms with Crippen molar-refractivity contribution in [2.24, 2.45) is 0 Å². The Kier molecular flexibility index (Phi) is 24.4. The average Bonchev–Trinajstić information content (AvgIpc) is 2.94. The van der Waals surface area contributed by atoms with Crippen LogP contribution < -0.4 is 5.11 Å². The van der Waals surface area contributed by atoms with E-state index >= 15 is 0 Å². The van der Waals surface area contributed by atoms with E-state index in [9.17, 15) is 29.7 Å². The minimum atomic E-state index is -1.36. The predicted molar refractivity (Wildman–Crippen MR) is 170 cm³/mol. The van der Waals surface area contributed by atoms with Gasteiger partial charge < -0.3 is 20.1 Å². The van der Waals surface area contributed by atoms with E-state index in [4.69, 9.17) is 0 Å². The number of carboxylic acid groups (broad SMARTS) is 3. The molecule has 246 valence electrons. The summed E-state index contributed by atoms with van der Waals surface area (Å²) in [6.07, 6.45) is 28.1. The van der Waals surface area contributed by atoms with Gasteiger partial charge >= 0.3 is 11.9 Å². The van der Waals surface area contributed by atoms with Gasteiger partial charge in [0.2, 0.25) is 0 Å². The summed E-state index contributed by atoms with van der Waals surface area (Å²) in [7, 11) is 0. The third-order valence-electron chi connectivity index (χ3n) is 9.05. The number of unbranched alkanes of at least 4 members (excludes halogenated alkanes) is 17. The zero-order valence-electron chi connectivity index (χ0n) is 27.6. The van der Waals surface area contributed by atoms with Crippen LogP contribution in [-0.4, -0.2) is 57.3 Å². The van der Waals surface area contributed by atoms with Gasteiger partial charge in [-0.3, -0.25) is 4.48 Å². The first-order valence-electron chi connectivity index (χ1n) is 17.4. The van der Waals surface area contributed by atoms with Gasteiger partial charge in [-0.1, -0.05) is 123 Å². The molecule has 0 aromatic carbocycles. The third-order valence-corrected chi connectivity index (χ3v) is 9.05. The molecule has 2 N–H and O–H groups in total. The Balaban J connectivity index is 4.38. The smallest absolute Gasteiger partial charge is 0.362 e. The Morgan fingerprint density at radius 1 is 0.548 bits per heavy atom. The number of allylic oxidation sites excluding steroid dienone is 2. The molecule has 0 amide bonds. The maximum absolute atomic E-state index is 12.3. The maximum Gasteiger partial charge on any atom is 0.362 e. The first kappa shape index (κ1) is 40.1. The van der Waals surface area contributed by atoms with Gasteiger partial charge in [0.05, 0.1) is 12.5 Å². The van der Waals surface area contributed by atoms with Gasteiger partial charge in [0.1, 0.15) is 6.04 Å². The molecular formula is C35H65NO6. The van der Waals surface area contributed by atoms with E-state index in [2.05, 4.69) is 19.1 Å². The highest BCUT2D eigenvalue weighted by Crippen LogP contribution is 2.32. The van der Waals surface area contributed by atoms with E-state index in [0.717, 1.165) is 25.7 Å². The van der Waals surface area contributed by atoms with Gasteiger partial charge in [0.25, 0.3) is 0 Å². The lowest BCUT2D eigenvalue weighted by atomic mass is 9.93. The van der Waals surface area contributed by atoms with Crippen molar-refractivity contribution < 1.29 is 34.2 Å². The number of carbonyl (C=O) groups excluding carboxylic acids is 1. The minimum absolute atomic E-state index is 0.130. The average molecular weight is 596 g/mol. The molecule has 3 atom stereocenters. The number of hydrogen-bond donors (Lipinski definition) is 2. The van der Waals surface area contributed by atoms with Crippen LogP contribution in [0.1, 0.15) is 169 Å². The number of quaternary nitrogens is 1. The normalized spacial score (nSPS) is 15.3. The molecule has 0 rings (SSSR count). The Labute approximate surface area is 257 Å². The SMILES string of the molecule is CCCCCCCCCC/C=C/CCCCCCCCCCC[N+](C(CC)C(=O)[O-])(C(CC)C(=O)O)C(CC)C(=O)O. The molecule has 0 radical (unpaired) electrons. The van der Waals surface area contributed by atoms with Crippen molar-refractivity contribution in [3.8, 4) is 0 Å². The molecule has 7 nitrogen and oxygen atoms in total. The molecule has 0 bridgehead atoms. The van der Waals surface area contributed by atoms with Crippen molar-refractivity contribution in [3.05, 3.63) is 12.2 Å². The topological polar surface area (TPSA) is 115 Å². The van der Waals surface area contributed by atoms with Crippen LogP contribution in [0, 0.1) is 0 Å². The number of carboxylic acids is 3. The highest BCUT2D eigenvalue weighted by atomic mass is 16.4. The summed E-state index contributed by atoms with van der Waals surface area (Å²) in [5.41, 5.74) is 0. The molecule has 42 heavy (non-hydrogen) atoms. The van der Waals surface area contributed by atoms with E-state index in [1.807, 2.05) is 0 Å². The van der Waals surface area contributed by atoms with Gasteiger partial charge in [-0.2, -0.15) is 0 Å². The van der Waals surface area contributed by atoms with Crippen molar-refractivity contribution in [1.29, 1.82) is 0 Å². The Bertz CT molecular complexity index is 682. The molecule has 0 aliphatic heterocycles. The molecule has 3 unspecified atom stereocenters. The van der Waals surface area contributed by atoms with Gasteiger partial charge in [0, 0.05) is 19.3 Å². The predicted octanol–water partition coefficient (Wildman–Crippen LogP) is 8.05. The second-order valence-corrected chi connectivity index (χ2v) is 12.2. The second-order valence-electron chi connectivity index (χ2n) is 12.2. The molecule has 0 aromatic heterocycles. The zero-order valence-corrected chi connectivity index (χ0v) is 27.6. The maximum atomic E-state index is 12.3. The summed E-state index contributed by atoms with van der Waals surface area (Å²) < 4.78 is -0.468. The van der Waals surface area contributed by atoms with Gasteiger partial charge in [-0.15, -0.1) is 0 Å². The van der Waals surface area contributed by atoms with Crippen LogP contribution in [0.25, 0.3) is 0 Å². The van der Waals surface area contributed by atoms with Crippen LogP contribution in [0.3, 0.4) is 0 Å². The largest absolute Gasteiger partial charge is 0.544 e. The second kappa shape index (κ2) is 25.6. The van der Waals surface area contributed by atoms with Crippen LogP contribution in [0.4, 0.5) is 0 Å². The number of nitrogens with zero attached hydrogens (tertiary/aromatic N) is 1. The van der Waals surface area contributed by atoms with Gasteiger partial charge in [0.15, 0.2) is 12.1 Å². The number of hydrogen-bond acceptors (Lipinski definition) is 4. The number of rotatable bonds is 30. The van der Waals surface area contributed by atoms with E-state index < -0.39 is 40.5 Å². The van der Waals surface area contributed by atoms with Crippen LogP contribution in [0.5, 0.6) is 0 Å². The molecule has 0 aromatic rings. The van der Waals surface area contributed by atoms with E-state index in [0.29, 0.717) is 6.42 Å². The molecule has 7 heteroatoms. The van der Waals surface area contributed by atoms with Crippen molar-refractivity contribution in [1.82, 2.24) is 0 Å². The van der Waals surface area contributed by atoms with Crippen LogP contribution in [0.2, 0.25) is 0 Å². The molecule has 0 fully saturated rings. The summed E-state index contributed by atoms with van der Waals surface area (Å²) in [5, 5.41) is 32.2. The summed E-state index contributed by atoms with van der Waals surface area (Å²) in [5.74, 6) is -3.65. The van der Waals surface area contributed by atoms with Crippen LogP contribution in [-0.2, 0) is 14.4 Å². The number of carbonyl (C=O) groups is 3. The molecular weight excluding hydrogens is 530 g/mol. The first-order chi connectivity index (χ1) is 20.2. The summed E-state index contributed by atoms with van der Waals surface area (Å²) in [6, 6.07) is -3.38. The Morgan fingerprint density at radius 3 is 1.19 bits per heavy atom. The summed E-state index contributed by atoms with van der Waals surface area (Å²) >= 11 is 0. The zero-order chi connectivity index (χ0) is 31.6. The van der Waals surface area contributed by atoms with E-state index in [-0.39, 0.29) is 25.8 Å². The summed E-state index contributed by atoms with van der Waals surface area (Å²) in [6.45, 7) is 7.53. The summed E-state index contributed by atoms with van der Waals surface area (Å²) in [4.78, 5) is 36.7. The Morgan fingerprint density at radius 2 is 0.881 bits per heavy atom. The quantitative estimate of drug-likeness (QED) is 0.0493.